The van der Waals surface area contributed by atoms with Gasteiger partial charge < -0.3 is 47.9 Å². The molecule has 0 atom stereocenters. The van der Waals surface area contributed by atoms with Crippen LogP contribution >= 0.6 is 22.6 Å². The van der Waals surface area contributed by atoms with E-state index in [4.69, 9.17) is 42.6 Å². The lowest BCUT2D eigenvalue weighted by atomic mass is 10.3. The number of benzene rings is 1. The number of nitrogens with one attached hydrogen (secondary N) is 1. The van der Waals surface area contributed by atoms with Crippen LogP contribution in [0, 0.1) is 0 Å². The van der Waals surface area contributed by atoms with E-state index in [-0.39, 0.29) is 5.91 Å². The fraction of sp³-hybridized carbons (Fsp3) is 0.731. The Balaban J connectivity index is 1.70. The van der Waals surface area contributed by atoms with Gasteiger partial charge >= 0.3 is 0 Å². The van der Waals surface area contributed by atoms with Crippen LogP contribution in [0.15, 0.2) is 24.3 Å². The molecule has 220 valence electrons. The van der Waals surface area contributed by atoms with Gasteiger partial charge in [-0.2, -0.15) is 0 Å². The van der Waals surface area contributed by atoms with Crippen molar-refractivity contribution >= 4 is 34.2 Å². The topological polar surface area (TPSA) is 112 Å². The fourth-order valence-electron chi connectivity index (χ4n) is 2.75. The highest BCUT2D eigenvalue weighted by molar-refractivity contribution is 14.1. The number of carbonyl (C=O) groups is 1. The van der Waals surface area contributed by atoms with E-state index in [1.807, 2.05) is 0 Å². The zero-order valence-electron chi connectivity index (χ0n) is 22.5. The van der Waals surface area contributed by atoms with Crippen molar-refractivity contribution in [1.82, 2.24) is 0 Å². The number of hydrogen-bond donors (Lipinski definition) is 1. The van der Waals surface area contributed by atoms with Crippen molar-refractivity contribution in [2.75, 3.05) is 122 Å². The number of rotatable bonds is 28. The quantitative estimate of drug-likeness (QED) is 0.0821. The van der Waals surface area contributed by atoms with Gasteiger partial charge in [0.25, 0.3) is 0 Å². The van der Waals surface area contributed by atoms with Crippen molar-refractivity contribution in [3.8, 4) is 5.75 Å². The maximum absolute atomic E-state index is 11.0. The fourth-order valence-corrected chi connectivity index (χ4v) is 3.06. The third kappa shape index (κ3) is 24.0. The van der Waals surface area contributed by atoms with Gasteiger partial charge in [-0.15, -0.1) is 0 Å². The monoisotopic (exact) mass is 657 g/mol. The number of hydrogen-bond acceptors (Lipinski definition) is 10. The highest BCUT2D eigenvalue weighted by Gasteiger charge is 1.98. The molecule has 0 unspecified atom stereocenters. The molecular formula is C26H44INO10. The Kier molecular flexibility index (Phi) is 25.2. The molecule has 0 heterocycles. The van der Waals surface area contributed by atoms with E-state index in [1.54, 1.807) is 24.3 Å². The molecule has 0 radical (unpaired) electrons. The number of alkyl halides is 1. The van der Waals surface area contributed by atoms with Crippen LogP contribution in [0.1, 0.15) is 6.92 Å². The molecule has 1 aromatic carbocycles. The Bertz CT molecular complexity index is 653. The third-order valence-electron chi connectivity index (χ3n) is 4.50. The van der Waals surface area contributed by atoms with Gasteiger partial charge in [-0.3, -0.25) is 4.79 Å². The molecule has 1 rings (SSSR count). The minimum atomic E-state index is -0.104. The SMILES string of the molecule is CC(=O)Nc1ccc(OCCOCCOCCOCCOCCOCCOCCOCCOCCI)cc1. The van der Waals surface area contributed by atoms with Crippen molar-refractivity contribution < 1.29 is 47.4 Å². The number of amides is 1. The predicted molar refractivity (Wildman–Crippen MR) is 152 cm³/mol. The zero-order chi connectivity index (χ0) is 27.4. The molecule has 11 nitrogen and oxygen atoms in total. The summed E-state index contributed by atoms with van der Waals surface area (Å²) in [5, 5.41) is 2.71. The maximum atomic E-state index is 11.0. The summed E-state index contributed by atoms with van der Waals surface area (Å²) >= 11 is 2.27. The molecule has 0 aromatic heterocycles. The van der Waals surface area contributed by atoms with Gasteiger partial charge in [0, 0.05) is 17.0 Å². The van der Waals surface area contributed by atoms with E-state index in [1.165, 1.54) is 6.92 Å². The van der Waals surface area contributed by atoms with Crippen LogP contribution in [0.25, 0.3) is 0 Å². The largest absolute Gasteiger partial charge is 0.491 e. The van der Waals surface area contributed by atoms with Crippen molar-refractivity contribution in [3.05, 3.63) is 24.3 Å². The molecule has 0 saturated carbocycles. The van der Waals surface area contributed by atoms with Crippen molar-refractivity contribution in [2.24, 2.45) is 0 Å². The summed E-state index contributed by atoms with van der Waals surface area (Å²) < 4.78 is 50.0. The first-order valence-corrected chi connectivity index (χ1v) is 14.4. The summed E-state index contributed by atoms with van der Waals surface area (Å²) in [4.78, 5) is 11.0. The average molecular weight is 658 g/mol. The first-order valence-electron chi connectivity index (χ1n) is 12.9. The van der Waals surface area contributed by atoms with Gasteiger partial charge in [0.05, 0.1) is 106 Å². The number of anilines is 1. The minimum Gasteiger partial charge on any atom is -0.491 e. The molecule has 0 bridgehead atoms. The lowest BCUT2D eigenvalue weighted by Gasteiger charge is -2.09. The number of ether oxygens (including phenoxy) is 9. The van der Waals surface area contributed by atoms with Gasteiger partial charge in [0.2, 0.25) is 5.91 Å². The predicted octanol–water partition coefficient (Wildman–Crippen LogP) is 2.59. The molecule has 0 aliphatic carbocycles. The van der Waals surface area contributed by atoms with E-state index in [9.17, 15) is 4.79 Å². The molecule has 12 heteroatoms. The summed E-state index contributed by atoms with van der Waals surface area (Å²) in [6.45, 7) is 10.6. The number of halogens is 1. The molecule has 1 aromatic rings. The summed E-state index contributed by atoms with van der Waals surface area (Å²) in [7, 11) is 0. The van der Waals surface area contributed by atoms with Crippen LogP contribution in [0.3, 0.4) is 0 Å². The molecular weight excluding hydrogens is 613 g/mol. The van der Waals surface area contributed by atoms with Crippen LogP contribution in [0.2, 0.25) is 0 Å². The smallest absolute Gasteiger partial charge is 0.221 e. The minimum absolute atomic E-state index is 0.104. The first-order chi connectivity index (χ1) is 18.7. The molecule has 1 N–H and O–H groups in total. The van der Waals surface area contributed by atoms with Crippen LogP contribution in [-0.4, -0.2) is 123 Å². The second-order valence-corrected chi connectivity index (χ2v) is 8.72. The molecule has 0 aliphatic rings. The molecule has 38 heavy (non-hydrogen) atoms. The molecule has 0 fully saturated rings. The average Bonchev–Trinajstić information content (AvgIpc) is 2.91. The Morgan fingerprint density at radius 2 is 0.868 bits per heavy atom. The normalized spacial score (nSPS) is 11.1. The highest BCUT2D eigenvalue weighted by atomic mass is 127. The van der Waals surface area contributed by atoms with E-state index in [0.717, 1.165) is 22.5 Å². The van der Waals surface area contributed by atoms with Crippen LogP contribution in [0.5, 0.6) is 5.75 Å². The van der Waals surface area contributed by atoms with Gasteiger partial charge in [0.1, 0.15) is 12.4 Å². The summed E-state index contributed by atoms with van der Waals surface area (Å²) in [5.41, 5.74) is 0.736. The number of carbonyl (C=O) groups excluding carboxylic acids is 1. The second kappa shape index (κ2) is 27.5. The van der Waals surface area contributed by atoms with E-state index in [0.29, 0.717) is 106 Å². The van der Waals surface area contributed by atoms with Gasteiger partial charge in [-0.1, -0.05) is 22.6 Å². The summed E-state index contributed by atoms with van der Waals surface area (Å²) in [5.74, 6) is 0.617. The van der Waals surface area contributed by atoms with Gasteiger partial charge in [-0.25, -0.2) is 0 Å². The van der Waals surface area contributed by atoms with Crippen LogP contribution in [-0.2, 0) is 42.7 Å². The summed E-state index contributed by atoms with van der Waals surface area (Å²) in [6.07, 6.45) is 0. The lowest BCUT2D eigenvalue weighted by Crippen LogP contribution is -2.15. The summed E-state index contributed by atoms with van der Waals surface area (Å²) in [6, 6.07) is 7.18. The second-order valence-electron chi connectivity index (χ2n) is 7.64. The third-order valence-corrected chi connectivity index (χ3v) is 4.94. The molecule has 1 amide bonds. The molecule has 0 spiro atoms. The van der Waals surface area contributed by atoms with E-state index < -0.39 is 0 Å². The maximum Gasteiger partial charge on any atom is 0.221 e. The van der Waals surface area contributed by atoms with Crippen LogP contribution in [0.4, 0.5) is 5.69 Å². The Labute approximate surface area is 240 Å². The standard InChI is InChI=1S/C26H44INO10/c1-24(29)28-25-2-4-26(5-3-25)38-23-22-37-21-20-36-19-18-35-17-16-34-15-14-33-13-12-32-11-10-31-9-8-30-7-6-27/h2-5H,6-23H2,1H3,(H,28,29). The van der Waals surface area contributed by atoms with E-state index >= 15 is 0 Å². The lowest BCUT2D eigenvalue weighted by molar-refractivity contribution is -0.114. The van der Waals surface area contributed by atoms with Crippen molar-refractivity contribution in [1.29, 1.82) is 0 Å². The van der Waals surface area contributed by atoms with Gasteiger partial charge in [-0.05, 0) is 24.3 Å². The van der Waals surface area contributed by atoms with Gasteiger partial charge in [0.15, 0.2) is 0 Å². The first kappa shape index (κ1) is 34.9. The Hall–Kier alpha value is -1.10. The Morgan fingerprint density at radius 1 is 0.553 bits per heavy atom. The van der Waals surface area contributed by atoms with E-state index in [2.05, 4.69) is 27.9 Å². The Morgan fingerprint density at radius 3 is 1.18 bits per heavy atom. The van der Waals surface area contributed by atoms with Crippen LogP contribution < -0.4 is 10.1 Å². The van der Waals surface area contributed by atoms with Crippen molar-refractivity contribution in [3.63, 3.8) is 0 Å². The zero-order valence-corrected chi connectivity index (χ0v) is 24.7. The van der Waals surface area contributed by atoms with Crippen molar-refractivity contribution in [2.45, 2.75) is 6.92 Å². The highest BCUT2D eigenvalue weighted by Crippen LogP contribution is 2.15. The molecule has 0 aliphatic heterocycles. The molecule has 0 saturated heterocycles.